The van der Waals surface area contributed by atoms with E-state index in [1.54, 1.807) is 18.2 Å². The molecule has 0 bridgehead atoms. The molecule has 3 rings (SSSR count). The van der Waals surface area contributed by atoms with Crippen LogP contribution in [0.2, 0.25) is 15.1 Å². The molecule has 0 radical (unpaired) electrons. The molecular formula is C21H16Cl3NO5S. The van der Waals surface area contributed by atoms with Gasteiger partial charge in [-0.25, -0.2) is 4.79 Å². The maximum atomic E-state index is 12.6. The molecule has 162 valence electrons. The Bertz CT molecular complexity index is 1070. The van der Waals surface area contributed by atoms with Gasteiger partial charge in [0.1, 0.15) is 12.6 Å². The number of halogens is 3. The summed E-state index contributed by atoms with van der Waals surface area (Å²) in [5.41, 5.74) is 1.27. The third-order valence-corrected chi connectivity index (χ3v) is 6.22. The Morgan fingerprint density at radius 1 is 1.13 bits per heavy atom. The normalized spacial score (nSPS) is 16.0. The molecular weight excluding hydrogens is 485 g/mol. The van der Waals surface area contributed by atoms with Crippen molar-refractivity contribution in [3.63, 3.8) is 0 Å². The fraction of sp³-hybridized carbons (Fsp3) is 0.190. The average Bonchev–Trinajstić information content (AvgIpc) is 3.00. The van der Waals surface area contributed by atoms with Crippen LogP contribution in [0.25, 0.3) is 6.08 Å². The summed E-state index contributed by atoms with van der Waals surface area (Å²) in [7, 11) is 1.19. The average molecular weight is 501 g/mol. The Morgan fingerprint density at radius 3 is 2.39 bits per heavy atom. The van der Waals surface area contributed by atoms with Crippen LogP contribution in [0, 0.1) is 0 Å². The van der Waals surface area contributed by atoms with E-state index in [4.69, 9.17) is 39.5 Å². The predicted octanol–water partition coefficient (Wildman–Crippen LogP) is 5.82. The molecule has 1 atom stereocenters. The molecule has 0 N–H and O–H groups in total. The molecule has 2 aromatic rings. The summed E-state index contributed by atoms with van der Waals surface area (Å²) in [4.78, 5) is 37.5. The Labute approximate surface area is 198 Å². The van der Waals surface area contributed by atoms with Crippen molar-refractivity contribution in [3.8, 4) is 5.75 Å². The first-order valence-corrected chi connectivity index (χ1v) is 10.9. The van der Waals surface area contributed by atoms with Crippen molar-refractivity contribution in [2.75, 3.05) is 7.11 Å². The van der Waals surface area contributed by atoms with Gasteiger partial charge in [-0.2, -0.15) is 0 Å². The quantitative estimate of drug-likeness (QED) is 0.367. The van der Waals surface area contributed by atoms with Crippen LogP contribution in [0.5, 0.6) is 5.75 Å². The van der Waals surface area contributed by atoms with E-state index < -0.39 is 23.2 Å². The fourth-order valence-electron chi connectivity index (χ4n) is 2.81. The van der Waals surface area contributed by atoms with Gasteiger partial charge < -0.3 is 9.47 Å². The summed E-state index contributed by atoms with van der Waals surface area (Å²) in [6.45, 7) is 1.59. The molecule has 1 fully saturated rings. The van der Waals surface area contributed by atoms with Crippen LogP contribution in [0.3, 0.4) is 0 Å². The van der Waals surface area contributed by atoms with Gasteiger partial charge in [-0.3, -0.25) is 14.5 Å². The summed E-state index contributed by atoms with van der Waals surface area (Å²) in [6, 6.07) is 9.32. The van der Waals surface area contributed by atoms with Crippen molar-refractivity contribution in [3.05, 3.63) is 67.5 Å². The number of carbonyl (C=O) groups is 3. The molecule has 31 heavy (non-hydrogen) atoms. The van der Waals surface area contributed by atoms with Gasteiger partial charge in [-0.15, -0.1) is 0 Å². The van der Waals surface area contributed by atoms with Crippen molar-refractivity contribution >= 4 is 69.8 Å². The summed E-state index contributed by atoms with van der Waals surface area (Å²) < 4.78 is 10.3. The van der Waals surface area contributed by atoms with Crippen molar-refractivity contribution in [2.45, 2.75) is 19.6 Å². The standard InChI is InChI=1S/C21H16Cl3NO5S/c1-11(20(27)29-2)25-19(26)17(31-21(25)28)9-12-7-15(23)18(16(24)8-12)30-10-13-5-3-4-6-14(13)22/h3-9,11H,10H2,1-2H3/b17-9+/t11-/m1/s1. The minimum atomic E-state index is -1.03. The van der Waals surface area contributed by atoms with Crippen LogP contribution < -0.4 is 4.74 Å². The number of nitrogens with zero attached hydrogens (tertiary/aromatic N) is 1. The molecule has 1 saturated heterocycles. The molecule has 2 aromatic carbocycles. The van der Waals surface area contributed by atoms with Crippen LogP contribution in [0.1, 0.15) is 18.1 Å². The van der Waals surface area contributed by atoms with Crippen LogP contribution in [-0.4, -0.2) is 35.2 Å². The molecule has 0 aromatic heterocycles. The Balaban J connectivity index is 1.80. The zero-order valence-corrected chi connectivity index (χ0v) is 19.4. The van der Waals surface area contributed by atoms with E-state index in [1.165, 1.54) is 20.1 Å². The summed E-state index contributed by atoms with van der Waals surface area (Å²) >= 11 is 19.5. The van der Waals surface area contributed by atoms with E-state index in [9.17, 15) is 14.4 Å². The minimum Gasteiger partial charge on any atom is -0.486 e. The van der Waals surface area contributed by atoms with Crippen LogP contribution in [-0.2, 0) is 20.9 Å². The molecule has 0 spiro atoms. The summed E-state index contributed by atoms with van der Waals surface area (Å²) in [5, 5.41) is 0.454. The lowest BCUT2D eigenvalue weighted by molar-refractivity contribution is -0.148. The first kappa shape index (κ1) is 23.5. The zero-order chi connectivity index (χ0) is 22.7. The van der Waals surface area contributed by atoms with Gasteiger partial charge in [0.25, 0.3) is 11.1 Å². The second-order valence-electron chi connectivity index (χ2n) is 6.44. The maximum absolute atomic E-state index is 12.6. The third kappa shape index (κ3) is 5.18. The molecule has 6 nitrogen and oxygen atoms in total. The number of hydrogen-bond acceptors (Lipinski definition) is 6. The van der Waals surface area contributed by atoms with E-state index >= 15 is 0 Å². The second kappa shape index (κ2) is 9.96. The van der Waals surface area contributed by atoms with Crippen molar-refractivity contribution in [2.24, 2.45) is 0 Å². The number of methoxy groups -OCH3 is 1. The van der Waals surface area contributed by atoms with Gasteiger partial charge in [-0.1, -0.05) is 53.0 Å². The molecule has 10 heteroatoms. The highest BCUT2D eigenvalue weighted by atomic mass is 35.5. The van der Waals surface area contributed by atoms with Crippen LogP contribution in [0.4, 0.5) is 4.79 Å². The highest BCUT2D eigenvalue weighted by Crippen LogP contribution is 2.38. The molecule has 0 aliphatic carbocycles. The van der Waals surface area contributed by atoms with E-state index in [-0.39, 0.29) is 27.3 Å². The zero-order valence-electron chi connectivity index (χ0n) is 16.4. The summed E-state index contributed by atoms with van der Waals surface area (Å²) in [5.74, 6) is -1.01. The van der Waals surface area contributed by atoms with Crippen LogP contribution >= 0.6 is 46.6 Å². The largest absolute Gasteiger partial charge is 0.486 e. The first-order chi connectivity index (χ1) is 14.7. The number of thioether (sulfide) groups is 1. The lowest BCUT2D eigenvalue weighted by Gasteiger charge is -2.18. The minimum absolute atomic E-state index is 0.137. The third-order valence-electron chi connectivity index (χ3n) is 4.40. The highest BCUT2D eigenvalue weighted by Gasteiger charge is 2.41. The maximum Gasteiger partial charge on any atom is 0.328 e. The van der Waals surface area contributed by atoms with E-state index in [0.717, 1.165) is 10.5 Å². The monoisotopic (exact) mass is 499 g/mol. The van der Waals surface area contributed by atoms with Gasteiger partial charge in [0, 0.05) is 10.6 Å². The number of carbonyl (C=O) groups excluding carboxylic acids is 3. The number of esters is 1. The van der Waals surface area contributed by atoms with Crippen molar-refractivity contribution in [1.82, 2.24) is 4.90 Å². The second-order valence-corrected chi connectivity index (χ2v) is 8.66. The van der Waals surface area contributed by atoms with Crippen LogP contribution in [0.15, 0.2) is 41.3 Å². The van der Waals surface area contributed by atoms with Crippen molar-refractivity contribution in [1.29, 1.82) is 0 Å². The lowest BCUT2D eigenvalue weighted by atomic mass is 10.2. The lowest BCUT2D eigenvalue weighted by Crippen LogP contribution is -2.42. The predicted molar refractivity (Wildman–Crippen MR) is 122 cm³/mol. The number of amides is 2. The smallest absolute Gasteiger partial charge is 0.328 e. The Hall–Kier alpha value is -2.19. The first-order valence-electron chi connectivity index (χ1n) is 8.93. The Morgan fingerprint density at radius 2 is 1.77 bits per heavy atom. The number of imide groups is 1. The molecule has 1 aliphatic rings. The SMILES string of the molecule is COC(=O)[C@@H](C)N1C(=O)S/C(=C/c2cc(Cl)c(OCc3ccccc3Cl)c(Cl)c2)C1=O. The van der Waals surface area contributed by atoms with E-state index in [2.05, 4.69) is 4.74 Å². The number of benzene rings is 2. The van der Waals surface area contributed by atoms with Gasteiger partial charge in [0.2, 0.25) is 0 Å². The summed E-state index contributed by atoms with van der Waals surface area (Å²) in [6.07, 6.45) is 1.48. The van der Waals surface area contributed by atoms with Gasteiger partial charge >= 0.3 is 5.97 Å². The van der Waals surface area contributed by atoms with Gasteiger partial charge in [0.15, 0.2) is 5.75 Å². The molecule has 0 saturated carbocycles. The van der Waals surface area contributed by atoms with Gasteiger partial charge in [0.05, 0.1) is 22.1 Å². The van der Waals surface area contributed by atoms with E-state index in [1.807, 2.05) is 18.2 Å². The van der Waals surface area contributed by atoms with Gasteiger partial charge in [-0.05, 0) is 48.5 Å². The molecule has 1 heterocycles. The number of rotatable bonds is 6. The number of ether oxygens (including phenoxy) is 2. The topological polar surface area (TPSA) is 72.9 Å². The molecule has 2 amide bonds. The van der Waals surface area contributed by atoms with E-state index in [0.29, 0.717) is 22.3 Å². The molecule has 0 unspecified atom stereocenters. The Kier molecular flexibility index (Phi) is 7.54. The fourth-order valence-corrected chi connectivity index (χ4v) is 4.52. The molecule has 1 aliphatic heterocycles. The number of hydrogen-bond donors (Lipinski definition) is 0. The van der Waals surface area contributed by atoms with Crippen molar-refractivity contribution < 1.29 is 23.9 Å². The highest BCUT2D eigenvalue weighted by molar-refractivity contribution is 8.18.